The summed E-state index contributed by atoms with van der Waals surface area (Å²) in [6.07, 6.45) is 0.314. The first-order valence-corrected chi connectivity index (χ1v) is 8.33. The third-order valence-corrected chi connectivity index (χ3v) is 4.98. The summed E-state index contributed by atoms with van der Waals surface area (Å²) >= 11 is 1.57. The van der Waals surface area contributed by atoms with Gasteiger partial charge in [0, 0.05) is 30.6 Å². The maximum absolute atomic E-state index is 13.1. The lowest BCUT2D eigenvalue weighted by molar-refractivity contribution is -0.144. The predicted octanol–water partition coefficient (Wildman–Crippen LogP) is 3.21. The molecule has 0 bridgehead atoms. The molecule has 1 saturated heterocycles. The Balaban J connectivity index is 1.73. The van der Waals surface area contributed by atoms with Crippen molar-refractivity contribution in [3.05, 3.63) is 28.7 Å². The summed E-state index contributed by atoms with van der Waals surface area (Å²) in [4.78, 5) is 20.2. The second-order valence-electron chi connectivity index (χ2n) is 5.63. The third kappa shape index (κ3) is 2.70. The maximum Gasteiger partial charge on any atom is 0.451 e. The summed E-state index contributed by atoms with van der Waals surface area (Å²) < 4.78 is 39.2. The number of thiazole rings is 1. The molecule has 3 aromatic heterocycles. The van der Waals surface area contributed by atoms with Gasteiger partial charge in [-0.2, -0.15) is 13.2 Å². The molecule has 1 fully saturated rings. The van der Waals surface area contributed by atoms with Crippen LogP contribution >= 0.6 is 11.3 Å². The number of H-pyrrole nitrogens is 1. The Bertz CT molecular complexity index is 844. The molecular weight excluding hydrogens is 341 g/mol. The van der Waals surface area contributed by atoms with E-state index in [0.717, 1.165) is 17.8 Å². The van der Waals surface area contributed by atoms with Crippen LogP contribution in [0.15, 0.2) is 17.9 Å². The average molecular weight is 354 g/mol. The first-order chi connectivity index (χ1) is 11.5. The minimum atomic E-state index is -4.60. The lowest BCUT2D eigenvalue weighted by Gasteiger charge is -2.33. The zero-order valence-corrected chi connectivity index (χ0v) is 13.2. The van der Waals surface area contributed by atoms with Gasteiger partial charge in [0.25, 0.3) is 0 Å². The fourth-order valence-corrected chi connectivity index (χ4v) is 3.75. The van der Waals surface area contributed by atoms with Gasteiger partial charge in [-0.15, -0.1) is 11.3 Å². The van der Waals surface area contributed by atoms with Gasteiger partial charge in [-0.3, -0.25) is 0 Å². The van der Waals surface area contributed by atoms with Crippen LogP contribution in [0.1, 0.15) is 29.6 Å². The van der Waals surface area contributed by atoms with Crippen molar-refractivity contribution in [1.29, 1.82) is 0 Å². The number of nitrogens with one attached hydrogen (secondary N) is 1. The number of aromatic amines is 1. The van der Waals surface area contributed by atoms with Crippen LogP contribution in [0.3, 0.4) is 0 Å². The normalized spacial score (nSPS) is 19.1. The topological polar surface area (TPSA) is 70.6 Å². The van der Waals surface area contributed by atoms with Gasteiger partial charge in [0.05, 0.1) is 11.3 Å². The molecule has 10 heteroatoms. The monoisotopic (exact) mass is 354 g/mol. The van der Waals surface area contributed by atoms with Crippen LogP contribution in [0.25, 0.3) is 11.2 Å². The Morgan fingerprint density at radius 1 is 1.25 bits per heavy atom. The van der Waals surface area contributed by atoms with Gasteiger partial charge in [-0.05, 0) is 12.8 Å². The fourth-order valence-electron chi connectivity index (χ4n) is 2.98. The van der Waals surface area contributed by atoms with Gasteiger partial charge in [-0.1, -0.05) is 0 Å². The highest BCUT2D eigenvalue weighted by Gasteiger charge is 2.37. The number of alkyl halides is 3. The van der Waals surface area contributed by atoms with Gasteiger partial charge < -0.3 is 9.88 Å². The molecule has 0 amide bonds. The van der Waals surface area contributed by atoms with E-state index in [1.807, 2.05) is 10.3 Å². The number of imidazole rings is 1. The quantitative estimate of drug-likeness (QED) is 0.765. The molecule has 1 aliphatic heterocycles. The van der Waals surface area contributed by atoms with Crippen molar-refractivity contribution in [2.24, 2.45) is 0 Å². The Kier molecular flexibility index (Phi) is 3.63. The highest BCUT2D eigenvalue weighted by atomic mass is 32.1. The van der Waals surface area contributed by atoms with E-state index in [1.165, 1.54) is 6.33 Å². The summed E-state index contributed by atoms with van der Waals surface area (Å²) in [6.45, 7) is 1.22. The van der Waals surface area contributed by atoms with E-state index >= 15 is 0 Å². The number of halogens is 3. The lowest BCUT2D eigenvalue weighted by atomic mass is 9.99. The summed E-state index contributed by atoms with van der Waals surface area (Å²) in [5.41, 5.74) is 0.464. The van der Waals surface area contributed by atoms with Crippen molar-refractivity contribution < 1.29 is 13.2 Å². The summed E-state index contributed by atoms with van der Waals surface area (Å²) in [6, 6.07) is 0. The molecule has 24 heavy (non-hydrogen) atoms. The van der Waals surface area contributed by atoms with Crippen LogP contribution in [0.2, 0.25) is 0 Å². The highest BCUT2D eigenvalue weighted by molar-refractivity contribution is 7.09. The van der Waals surface area contributed by atoms with Crippen molar-refractivity contribution in [2.45, 2.75) is 24.9 Å². The maximum atomic E-state index is 13.1. The smallest absolute Gasteiger partial charge is 0.354 e. The van der Waals surface area contributed by atoms with Crippen LogP contribution < -0.4 is 4.90 Å². The van der Waals surface area contributed by atoms with Crippen molar-refractivity contribution in [1.82, 2.24) is 24.9 Å². The second kappa shape index (κ2) is 5.69. The molecule has 1 aliphatic rings. The number of piperidine rings is 1. The van der Waals surface area contributed by atoms with Gasteiger partial charge in [0.15, 0.2) is 11.5 Å². The average Bonchev–Trinajstić information content (AvgIpc) is 3.24. The van der Waals surface area contributed by atoms with Crippen LogP contribution in [-0.2, 0) is 6.18 Å². The van der Waals surface area contributed by atoms with Crippen LogP contribution in [-0.4, -0.2) is 38.0 Å². The number of hydrogen-bond donors (Lipinski definition) is 1. The Morgan fingerprint density at radius 2 is 2.12 bits per heavy atom. The summed E-state index contributed by atoms with van der Waals surface area (Å²) in [7, 11) is 0. The number of hydrogen-bond acceptors (Lipinski definition) is 6. The van der Waals surface area contributed by atoms with E-state index in [-0.39, 0.29) is 17.4 Å². The molecule has 4 heterocycles. The minimum Gasteiger partial charge on any atom is -0.354 e. The SMILES string of the molecule is FC(F)(F)c1nc(N2CCCC(c3nccs3)C2)c2[nH]cnc2n1. The first kappa shape index (κ1) is 15.3. The van der Waals surface area contributed by atoms with E-state index in [9.17, 15) is 13.2 Å². The van der Waals surface area contributed by atoms with Crippen LogP contribution in [0, 0.1) is 0 Å². The van der Waals surface area contributed by atoms with Gasteiger partial charge in [-0.25, -0.2) is 19.9 Å². The lowest BCUT2D eigenvalue weighted by Crippen LogP contribution is -2.35. The second-order valence-corrected chi connectivity index (χ2v) is 6.55. The molecule has 0 saturated carbocycles. The number of rotatable bonds is 2. The van der Waals surface area contributed by atoms with Crippen LogP contribution in [0.4, 0.5) is 19.0 Å². The number of aromatic nitrogens is 5. The van der Waals surface area contributed by atoms with E-state index in [4.69, 9.17) is 0 Å². The fraction of sp³-hybridized carbons (Fsp3) is 0.429. The van der Waals surface area contributed by atoms with E-state index < -0.39 is 12.0 Å². The molecule has 0 radical (unpaired) electrons. The van der Waals surface area contributed by atoms with Crippen molar-refractivity contribution >= 4 is 28.3 Å². The molecule has 0 aliphatic carbocycles. The largest absolute Gasteiger partial charge is 0.451 e. The van der Waals surface area contributed by atoms with E-state index in [1.54, 1.807) is 17.5 Å². The van der Waals surface area contributed by atoms with Gasteiger partial charge >= 0.3 is 6.18 Å². The minimum absolute atomic E-state index is 0.0312. The van der Waals surface area contributed by atoms with E-state index in [0.29, 0.717) is 18.6 Å². The number of nitrogens with zero attached hydrogens (tertiary/aromatic N) is 5. The summed E-state index contributed by atoms with van der Waals surface area (Å²) in [5.74, 6) is -0.708. The first-order valence-electron chi connectivity index (χ1n) is 7.45. The van der Waals surface area contributed by atoms with E-state index in [2.05, 4.69) is 24.9 Å². The predicted molar refractivity (Wildman–Crippen MR) is 83.0 cm³/mol. The molecule has 1 atom stereocenters. The zero-order chi connectivity index (χ0) is 16.7. The number of fused-ring (bicyclic) bond motifs is 1. The molecule has 1 N–H and O–H groups in total. The molecule has 0 spiro atoms. The Morgan fingerprint density at radius 3 is 2.88 bits per heavy atom. The standard InChI is InChI=1S/C14H13F3N6S/c15-14(16,17)13-21-10-9(19-7-20-10)11(22-13)23-4-1-2-8(6-23)12-18-3-5-24-12/h3,5,7-8H,1-2,4,6H2,(H,19,20,21,22). The Hall–Kier alpha value is -2.23. The van der Waals surface area contributed by atoms with Crippen molar-refractivity contribution in [3.8, 4) is 0 Å². The molecule has 6 nitrogen and oxygen atoms in total. The van der Waals surface area contributed by atoms with Crippen molar-refractivity contribution in [2.75, 3.05) is 18.0 Å². The van der Waals surface area contributed by atoms with Crippen LogP contribution in [0.5, 0.6) is 0 Å². The molecule has 126 valence electrons. The highest BCUT2D eigenvalue weighted by Crippen LogP contribution is 2.34. The van der Waals surface area contributed by atoms with Gasteiger partial charge in [0.2, 0.25) is 5.82 Å². The molecular formula is C14H13F3N6S. The third-order valence-electron chi connectivity index (χ3n) is 4.04. The van der Waals surface area contributed by atoms with Gasteiger partial charge in [0.1, 0.15) is 5.52 Å². The zero-order valence-electron chi connectivity index (χ0n) is 12.4. The molecule has 1 unspecified atom stereocenters. The number of anilines is 1. The Labute approximate surface area is 138 Å². The molecule has 3 aromatic rings. The van der Waals surface area contributed by atoms with Crippen molar-refractivity contribution in [3.63, 3.8) is 0 Å². The molecule has 0 aromatic carbocycles. The summed E-state index contributed by atoms with van der Waals surface area (Å²) in [5, 5.41) is 2.92. The molecule has 4 rings (SSSR count).